The number of rotatable bonds is 8. The molecule has 0 radical (unpaired) electrons. The lowest BCUT2D eigenvalue weighted by molar-refractivity contribution is -0.136. The fourth-order valence-electron chi connectivity index (χ4n) is 5.22. The number of fused-ring (bicyclic) bond motifs is 1. The number of carbonyl (C=O) groups is 1. The molecule has 1 saturated heterocycles. The van der Waals surface area contributed by atoms with E-state index in [2.05, 4.69) is 16.7 Å². The van der Waals surface area contributed by atoms with Gasteiger partial charge in [0.05, 0.1) is 36.6 Å². The highest BCUT2D eigenvalue weighted by Gasteiger charge is 2.30. The molecule has 1 aromatic heterocycles. The molecule has 216 valence electrons. The summed E-state index contributed by atoms with van der Waals surface area (Å²) >= 11 is 6.51. The molecule has 41 heavy (non-hydrogen) atoms. The van der Waals surface area contributed by atoms with Gasteiger partial charge in [-0.1, -0.05) is 41.6 Å². The van der Waals surface area contributed by atoms with Crippen LogP contribution in [-0.4, -0.2) is 84.1 Å². The van der Waals surface area contributed by atoms with Crippen LogP contribution >= 0.6 is 11.6 Å². The number of aliphatic carboxylic acids is 1. The maximum absolute atomic E-state index is 12.4. The third kappa shape index (κ3) is 7.36. The molecule has 2 aromatic carbocycles. The average molecular weight is 597 g/mol. The summed E-state index contributed by atoms with van der Waals surface area (Å²) in [5.74, 6) is 5.36. The Morgan fingerprint density at radius 1 is 1.07 bits per heavy atom. The monoisotopic (exact) mass is 596 g/mol. The number of aryl methyl sites for hydroxylation is 1. The molecule has 5 rings (SSSR count). The Hall–Kier alpha value is -3.20. The van der Waals surface area contributed by atoms with Crippen molar-refractivity contribution in [1.29, 1.82) is 0 Å². The van der Waals surface area contributed by atoms with Gasteiger partial charge in [-0.3, -0.25) is 14.4 Å². The molecule has 0 unspecified atom stereocenters. The summed E-state index contributed by atoms with van der Waals surface area (Å²) in [6, 6.07) is 12.7. The van der Waals surface area contributed by atoms with Gasteiger partial charge in [-0.05, 0) is 36.2 Å². The van der Waals surface area contributed by atoms with Crippen molar-refractivity contribution in [2.45, 2.75) is 32.4 Å². The lowest BCUT2D eigenvalue weighted by Crippen LogP contribution is -2.37. The van der Waals surface area contributed by atoms with E-state index in [0.717, 1.165) is 73.9 Å². The van der Waals surface area contributed by atoms with Crippen molar-refractivity contribution in [2.24, 2.45) is 0 Å². The van der Waals surface area contributed by atoms with E-state index in [1.54, 1.807) is 30.3 Å². The second-order valence-electron chi connectivity index (χ2n) is 10.4. The van der Waals surface area contributed by atoms with Gasteiger partial charge in [-0.25, -0.2) is 8.42 Å². The van der Waals surface area contributed by atoms with Crippen LogP contribution in [0.4, 0.5) is 0 Å². The fourth-order valence-corrected chi connectivity index (χ4v) is 6.17. The van der Waals surface area contributed by atoms with E-state index in [1.807, 2.05) is 16.8 Å². The summed E-state index contributed by atoms with van der Waals surface area (Å²) in [7, 11) is -3.35. The van der Waals surface area contributed by atoms with Gasteiger partial charge >= 0.3 is 5.97 Å². The first-order valence-corrected chi connectivity index (χ1v) is 15.9. The molecule has 3 aromatic rings. The number of halogens is 1. The van der Waals surface area contributed by atoms with Gasteiger partial charge in [0.15, 0.2) is 0 Å². The van der Waals surface area contributed by atoms with Gasteiger partial charge in [-0.15, -0.1) is 0 Å². The molecule has 2 aliphatic rings. The van der Waals surface area contributed by atoms with Crippen molar-refractivity contribution in [3.05, 3.63) is 75.4 Å². The highest BCUT2D eigenvalue weighted by atomic mass is 35.5. The highest BCUT2D eigenvalue weighted by molar-refractivity contribution is 7.88. The van der Waals surface area contributed by atoms with Crippen LogP contribution < -0.4 is 0 Å². The van der Waals surface area contributed by atoms with Gasteiger partial charge in [-0.2, -0.15) is 9.40 Å². The van der Waals surface area contributed by atoms with E-state index >= 15 is 0 Å². The minimum absolute atomic E-state index is 0.0392. The zero-order valence-corrected chi connectivity index (χ0v) is 24.5. The molecule has 1 fully saturated rings. The molecule has 0 saturated carbocycles. The van der Waals surface area contributed by atoms with Crippen molar-refractivity contribution < 1.29 is 23.1 Å². The summed E-state index contributed by atoms with van der Waals surface area (Å²) in [5, 5.41) is 14.5. The number of ether oxygens (including phenoxy) is 1. The smallest absolute Gasteiger partial charge is 0.307 e. The van der Waals surface area contributed by atoms with E-state index < -0.39 is 16.0 Å². The number of hydrogen-bond acceptors (Lipinski definition) is 6. The zero-order valence-electron chi connectivity index (χ0n) is 23.0. The molecule has 0 spiro atoms. The van der Waals surface area contributed by atoms with Crippen molar-refractivity contribution in [1.82, 2.24) is 19.0 Å². The van der Waals surface area contributed by atoms with E-state index in [-0.39, 0.29) is 13.0 Å². The van der Waals surface area contributed by atoms with Crippen molar-refractivity contribution in [2.75, 3.05) is 45.6 Å². The minimum Gasteiger partial charge on any atom is -0.481 e. The van der Waals surface area contributed by atoms with Crippen LogP contribution in [0.2, 0.25) is 5.02 Å². The molecule has 0 bridgehead atoms. The molecule has 3 heterocycles. The van der Waals surface area contributed by atoms with Crippen molar-refractivity contribution >= 4 is 27.6 Å². The van der Waals surface area contributed by atoms with Crippen molar-refractivity contribution in [3.8, 4) is 23.1 Å². The predicted molar refractivity (Wildman–Crippen MR) is 157 cm³/mol. The molecule has 0 amide bonds. The number of benzene rings is 2. The molecule has 9 nitrogen and oxygen atoms in total. The molecular formula is C30H33ClN4O5S. The lowest BCUT2D eigenvalue weighted by Gasteiger charge is -2.27. The number of carboxylic acid groups (broad SMARTS) is 1. The number of carboxylic acids is 1. The summed E-state index contributed by atoms with van der Waals surface area (Å²) < 4.78 is 33.8. The minimum atomic E-state index is -3.35. The summed E-state index contributed by atoms with van der Waals surface area (Å²) in [6.45, 7) is 5.82. The summed E-state index contributed by atoms with van der Waals surface area (Å²) in [4.78, 5) is 13.3. The first-order valence-electron chi connectivity index (χ1n) is 13.6. The number of sulfonamides is 1. The van der Waals surface area contributed by atoms with Crippen LogP contribution in [0, 0.1) is 11.8 Å². The van der Waals surface area contributed by atoms with E-state index in [9.17, 15) is 13.2 Å². The van der Waals surface area contributed by atoms with Crippen LogP contribution in [0.5, 0.6) is 0 Å². The maximum atomic E-state index is 12.4. The predicted octanol–water partition coefficient (Wildman–Crippen LogP) is 3.27. The number of morpholine rings is 1. The van der Waals surface area contributed by atoms with Crippen LogP contribution in [-0.2, 0) is 45.5 Å². The fraction of sp³-hybridized carbons (Fsp3) is 0.400. The maximum Gasteiger partial charge on any atom is 0.307 e. The molecule has 0 aliphatic carbocycles. The first-order chi connectivity index (χ1) is 19.7. The molecule has 2 aliphatic heterocycles. The van der Waals surface area contributed by atoms with E-state index in [0.29, 0.717) is 29.1 Å². The van der Waals surface area contributed by atoms with Crippen LogP contribution in [0.1, 0.15) is 34.4 Å². The quantitative estimate of drug-likeness (QED) is 0.398. The summed E-state index contributed by atoms with van der Waals surface area (Å²) in [6.07, 6.45) is 2.74. The Morgan fingerprint density at radius 3 is 2.54 bits per heavy atom. The number of aromatic nitrogens is 2. The second kappa shape index (κ2) is 12.8. The van der Waals surface area contributed by atoms with Gasteiger partial charge in [0.1, 0.15) is 0 Å². The van der Waals surface area contributed by atoms with Crippen LogP contribution in [0.15, 0.2) is 42.5 Å². The Morgan fingerprint density at radius 2 is 1.83 bits per heavy atom. The molecule has 11 heteroatoms. The van der Waals surface area contributed by atoms with Crippen LogP contribution in [0.25, 0.3) is 11.3 Å². The van der Waals surface area contributed by atoms with Gasteiger partial charge in [0.25, 0.3) is 0 Å². The second-order valence-corrected chi connectivity index (χ2v) is 12.8. The topological polar surface area (TPSA) is 105 Å². The first kappa shape index (κ1) is 29.3. The zero-order chi connectivity index (χ0) is 29.0. The third-order valence-corrected chi connectivity index (χ3v) is 8.99. The Bertz CT molecular complexity index is 1590. The van der Waals surface area contributed by atoms with Gasteiger partial charge in [0.2, 0.25) is 10.0 Å². The SMILES string of the molecule is CS(=O)(=O)N1CCc2c(c(-c3ccc(Cl)c(C#Cc4ccc(CC(=O)O)cc4)c3)nn2CCCN2CCOCC2)C1. The van der Waals surface area contributed by atoms with Crippen molar-refractivity contribution in [3.63, 3.8) is 0 Å². The molecule has 0 atom stereocenters. The van der Waals surface area contributed by atoms with E-state index in [4.69, 9.17) is 26.5 Å². The Balaban J connectivity index is 1.42. The third-order valence-electron chi connectivity index (χ3n) is 7.41. The van der Waals surface area contributed by atoms with Crippen LogP contribution in [0.3, 0.4) is 0 Å². The largest absolute Gasteiger partial charge is 0.481 e. The summed E-state index contributed by atoms with van der Waals surface area (Å²) in [5.41, 5.74) is 5.65. The lowest BCUT2D eigenvalue weighted by atomic mass is 10.0. The normalized spacial score (nSPS) is 16.1. The van der Waals surface area contributed by atoms with E-state index in [1.165, 1.54) is 10.6 Å². The number of nitrogens with zero attached hydrogens (tertiary/aromatic N) is 4. The van der Waals surface area contributed by atoms with Gasteiger partial charge in [0, 0.05) is 73.6 Å². The number of hydrogen-bond donors (Lipinski definition) is 1. The standard InChI is InChI=1S/C30H33ClN4O5S/c1-41(38,39)34-14-11-28-26(21-34)30(32-35(28)13-2-12-33-15-17-40-18-16-33)25-9-10-27(31)24(20-25)8-7-22-3-5-23(6-4-22)19-29(36)37/h3-6,9-10,20H,2,11-19,21H2,1H3,(H,36,37). The Labute approximate surface area is 245 Å². The average Bonchev–Trinajstić information content (AvgIpc) is 3.31. The van der Waals surface area contributed by atoms with Gasteiger partial charge < -0.3 is 9.84 Å². The molecule has 1 N–H and O–H groups in total. The highest BCUT2D eigenvalue weighted by Crippen LogP contribution is 2.33. The Kier molecular flexibility index (Phi) is 9.12. The molecular weight excluding hydrogens is 564 g/mol.